The highest BCUT2D eigenvalue weighted by Crippen LogP contribution is 2.29. The number of carbonyl (C=O) groups is 1. The molecule has 0 unspecified atom stereocenters. The number of benzene rings is 1. The van der Waals surface area contributed by atoms with Crippen LogP contribution in [0.15, 0.2) is 34.9 Å². The second-order valence-electron chi connectivity index (χ2n) is 6.75. The number of aromatic nitrogens is 1. The molecule has 7 heteroatoms. The highest BCUT2D eigenvalue weighted by Gasteiger charge is 2.25. The van der Waals surface area contributed by atoms with Gasteiger partial charge in [-0.15, -0.1) is 0 Å². The van der Waals surface area contributed by atoms with Gasteiger partial charge in [-0.1, -0.05) is 23.4 Å². The standard InChI is InChI=1S/C20H27N3O4/c1-25-11-9-21-20(24)19-12-17(22-27-19)15-7-5-10-23(13-15)14-16-6-3-4-8-18(16)26-2/h3-4,6,8,12,15H,5,7,9-11,13-14H2,1-2H3,(H,21,24)/t15-/m0/s1. The van der Waals surface area contributed by atoms with Gasteiger partial charge in [0.1, 0.15) is 5.75 Å². The molecule has 3 rings (SSSR count). The molecule has 1 aromatic heterocycles. The molecule has 7 nitrogen and oxygen atoms in total. The van der Waals surface area contributed by atoms with Crippen LogP contribution in [0.2, 0.25) is 0 Å². The molecule has 1 aliphatic rings. The van der Waals surface area contributed by atoms with Crippen LogP contribution >= 0.6 is 0 Å². The maximum absolute atomic E-state index is 12.1. The zero-order valence-electron chi connectivity index (χ0n) is 15.9. The first kappa shape index (κ1) is 19.4. The van der Waals surface area contributed by atoms with Gasteiger partial charge in [0, 0.05) is 44.3 Å². The molecule has 1 N–H and O–H groups in total. The van der Waals surface area contributed by atoms with E-state index < -0.39 is 0 Å². The van der Waals surface area contributed by atoms with Crippen molar-refractivity contribution in [1.82, 2.24) is 15.4 Å². The predicted octanol–water partition coefficient (Wildman–Crippen LogP) is 2.44. The van der Waals surface area contributed by atoms with Crippen LogP contribution in [0.3, 0.4) is 0 Å². The number of rotatable bonds is 8. The predicted molar refractivity (Wildman–Crippen MR) is 101 cm³/mol. The van der Waals surface area contributed by atoms with E-state index in [1.54, 1.807) is 20.3 Å². The van der Waals surface area contributed by atoms with Crippen molar-refractivity contribution < 1.29 is 18.8 Å². The van der Waals surface area contributed by atoms with Gasteiger partial charge in [-0.3, -0.25) is 9.69 Å². The van der Waals surface area contributed by atoms with Gasteiger partial charge in [0.15, 0.2) is 0 Å². The number of hydrogen-bond donors (Lipinski definition) is 1. The summed E-state index contributed by atoms with van der Waals surface area (Å²) < 4.78 is 15.7. The van der Waals surface area contributed by atoms with Crippen molar-refractivity contribution in [2.45, 2.75) is 25.3 Å². The quantitative estimate of drug-likeness (QED) is 0.716. The molecule has 2 heterocycles. The van der Waals surface area contributed by atoms with Gasteiger partial charge in [-0.25, -0.2) is 0 Å². The summed E-state index contributed by atoms with van der Waals surface area (Å²) in [6.07, 6.45) is 2.13. The normalized spacial score (nSPS) is 17.6. The molecule has 2 aromatic rings. The first-order valence-electron chi connectivity index (χ1n) is 9.29. The van der Waals surface area contributed by atoms with Crippen molar-refractivity contribution in [2.75, 3.05) is 40.5 Å². The Morgan fingerprint density at radius 3 is 3.04 bits per heavy atom. The zero-order chi connectivity index (χ0) is 19.1. The van der Waals surface area contributed by atoms with Crippen molar-refractivity contribution in [3.05, 3.63) is 47.3 Å². The fourth-order valence-electron chi connectivity index (χ4n) is 3.46. The minimum Gasteiger partial charge on any atom is -0.496 e. The number of nitrogens with zero attached hydrogens (tertiary/aromatic N) is 2. The van der Waals surface area contributed by atoms with Crippen LogP contribution < -0.4 is 10.1 Å². The van der Waals surface area contributed by atoms with E-state index in [-0.39, 0.29) is 17.6 Å². The average Bonchev–Trinajstić information content (AvgIpc) is 3.19. The zero-order valence-corrected chi connectivity index (χ0v) is 15.9. The number of para-hydroxylation sites is 1. The summed E-state index contributed by atoms with van der Waals surface area (Å²) >= 11 is 0. The Balaban J connectivity index is 1.60. The lowest BCUT2D eigenvalue weighted by atomic mass is 9.94. The summed E-state index contributed by atoms with van der Waals surface area (Å²) in [6.45, 7) is 3.67. The molecule has 1 fully saturated rings. The minimum atomic E-state index is -0.257. The van der Waals surface area contributed by atoms with E-state index >= 15 is 0 Å². The highest BCUT2D eigenvalue weighted by atomic mass is 16.5. The summed E-state index contributed by atoms with van der Waals surface area (Å²) in [5, 5.41) is 6.89. The van der Waals surface area contributed by atoms with E-state index in [9.17, 15) is 4.79 Å². The lowest BCUT2D eigenvalue weighted by Gasteiger charge is -2.32. The average molecular weight is 373 g/mol. The van der Waals surface area contributed by atoms with Crippen molar-refractivity contribution in [3.8, 4) is 5.75 Å². The van der Waals surface area contributed by atoms with Gasteiger partial charge in [0.25, 0.3) is 5.91 Å². The first-order valence-corrected chi connectivity index (χ1v) is 9.29. The van der Waals surface area contributed by atoms with Gasteiger partial charge < -0.3 is 19.3 Å². The third-order valence-electron chi connectivity index (χ3n) is 4.85. The number of methoxy groups -OCH3 is 2. The molecule has 1 aromatic carbocycles. The summed E-state index contributed by atoms with van der Waals surface area (Å²) in [5.74, 6) is 1.17. The maximum atomic E-state index is 12.1. The molecule has 0 saturated carbocycles. The molecule has 146 valence electrons. The van der Waals surface area contributed by atoms with E-state index in [0.717, 1.165) is 43.9 Å². The number of hydrogen-bond acceptors (Lipinski definition) is 6. The second-order valence-corrected chi connectivity index (χ2v) is 6.75. The molecule has 1 saturated heterocycles. The van der Waals surface area contributed by atoms with Crippen LogP contribution in [0.25, 0.3) is 0 Å². The summed E-state index contributed by atoms with van der Waals surface area (Å²) in [4.78, 5) is 14.5. The number of likely N-dealkylation sites (tertiary alicyclic amines) is 1. The van der Waals surface area contributed by atoms with E-state index in [0.29, 0.717) is 13.2 Å². The molecular weight excluding hydrogens is 346 g/mol. The molecule has 0 spiro atoms. The van der Waals surface area contributed by atoms with Crippen LogP contribution in [0.5, 0.6) is 5.75 Å². The van der Waals surface area contributed by atoms with Crippen molar-refractivity contribution in [3.63, 3.8) is 0 Å². The Hall–Kier alpha value is -2.38. The lowest BCUT2D eigenvalue weighted by molar-refractivity contribution is 0.0900. The molecule has 1 atom stereocenters. The monoisotopic (exact) mass is 373 g/mol. The largest absolute Gasteiger partial charge is 0.496 e. The highest BCUT2D eigenvalue weighted by molar-refractivity contribution is 5.91. The Labute approximate surface area is 159 Å². The van der Waals surface area contributed by atoms with Crippen molar-refractivity contribution >= 4 is 5.91 Å². The Bertz CT molecular complexity index is 746. The lowest BCUT2D eigenvalue weighted by Crippen LogP contribution is -2.34. The summed E-state index contributed by atoms with van der Waals surface area (Å²) in [5.41, 5.74) is 2.02. The molecular formula is C20H27N3O4. The third-order valence-corrected chi connectivity index (χ3v) is 4.85. The van der Waals surface area contributed by atoms with Crippen molar-refractivity contribution in [1.29, 1.82) is 0 Å². The summed E-state index contributed by atoms with van der Waals surface area (Å²) in [7, 11) is 3.30. The molecule has 1 amide bonds. The Morgan fingerprint density at radius 1 is 1.37 bits per heavy atom. The maximum Gasteiger partial charge on any atom is 0.289 e. The topological polar surface area (TPSA) is 76.8 Å². The van der Waals surface area contributed by atoms with Crippen LogP contribution in [-0.4, -0.2) is 56.4 Å². The number of amides is 1. The van der Waals surface area contributed by atoms with Gasteiger partial charge in [-0.05, 0) is 25.5 Å². The van der Waals surface area contributed by atoms with E-state index in [4.69, 9.17) is 14.0 Å². The first-order chi connectivity index (χ1) is 13.2. The van der Waals surface area contributed by atoms with Crippen LogP contribution in [-0.2, 0) is 11.3 Å². The van der Waals surface area contributed by atoms with Crippen LogP contribution in [0, 0.1) is 0 Å². The van der Waals surface area contributed by atoms with Crippen molar-refractivity contribution in [2.24, 2.45) is 0 Å². The smallest absolute Gasteiger partial charge is 0.289 e. The third kappa shape index (κ3) is 5.08. The van der Waals surface area contributed by atoms with Gasteiger partial charge in [-0.2, -0.15) is 0 Å². The molecule has 0 radical (unpaired) electrons. The fourth-order valence-corrected chi connectivity index (χ4v) is 3.46. The van der Waals surface area contributed by atoms with E-state index in [1.165, 1.54) is 5.56 Å². The van der Waals surface area contributed by atoms with E-state index in [2.05, 4.69) is 21.4 Å². The molecule has 1 aliphatic heterocycles. The number of piperidine rings is 1. The molecule has 0 bridgehead atoms. The number of ether oxygens (including phenoxy) is 2. The van der Waals surface area contributed by atoms with Crippen LogP contribution in [0.4, 0.5) is 0 Å². The Kier molecular flexibility index (Phi) is 6.84. The summed E-state index contributed by atoms with van der Waals surface area (Å²) in [6, 6.07) is 9.87. The molecule has 27 heavy (non-hydrogen) atoms. The van der Waals surface area contributed by atoms with Crippen LogP contribution in [0.1, 0.15) is 40.6 Å². The molecule has 0 aliphatic carbocycles. The van der Waals surface area contributed by atoms with Gasteiger partial charge in [0.05, 0.1) is 19.4 Å². The Morgan fingerprint density at radius 2 is 2.22 bits per heavy atom. The van der Waals surface area contributed by atoms with Gasteiger partial charge >= 0.3 is 0 Å². The fraction of sp³-hybridized carbons (Fsp3) is 0.500. The minimum absolute atomic E-state index is 0.253. The SMILES string of the molecule is COCCNC(=O)c1cc([C@H]2CCCN(Cc3ccccc3OC)C2)no1. The number of nitrogens with one attached hydrogen (secondary N) is 1. The van der Waals surface area contributed by atoms with E-state index in [1.807, 2.05) is 18.2 Å². The second kappa shape index (κ2) is 9.53. The number of carbonyl (C=O) groups excluding carboxylic acids is 1. The van der Waals surface area contributed by atoms with Gasteiger partial charge in [0.2, 0.25) is 5.76 Å².